The van der Waals surface area contributed by atoms with E-state index in [0.717, 1.165) is 0 Å². The van der Waals surface area contributed by atoms with Gasteiger partial charge in [0, 0.05) is 11.9 Å². The van der Waals surface area contributed by atoms with Crippen LogP contribution in [-0.4, -0.2) is 35.1 Å². The zero-order valence-corrected chi connectivity index (χ0v) is 14.1. The molecule has 0 spiro atoms. The molecule has 0 unspecified atom stereocenters. The molecular weight excluding hydrogens is 361 g/mol. The van der Waals surface area contributed by atoms with Crippen molar-refractivity contribution < 1.29 is 9.53 Å². The first-order valence-corrected chi connectivity index (χ1v) is 7.94. The Balaban J connectivity index is 1.52. The zero-order valence-electron chi connectivity index (χ0n) is 11.8. The largest absolute Gasteiger partial charge is 0.470 e. The first-order valence-electron chi connectivity index (χ1n) is 6.81. The van der Waals surface area contributed by atoms with Crippen LogP contribution in [0.3, 0.4) is 0 Å². The fourth-order valence-electron chi connectivity index (χ4n) is 2.07. The Labute approximate surface area is 148 Å². The number of likely N-dealkylation sites (tertiary alicyclic amines) is 1. The molecule has 0 saturated carbocycles. The molecule has 8 heteroatoms. The lowest BCUT2D eigenvalue weighted by atomic mass is 10.2. The van der Waals surface area contributed by atoms with Gasteiger partial charge in [0.25, 0.3) is 0 Å². The van der Waals surface area contributed by atoms with E-state index in [1.54, 1.807) is 41.4 Å². The van der Waals surface area contributed by atoms with Crippen LogP contribution in [0.2, 0.25) is 15.1 Å². The second-order valence-corrected chi connectivity index (χ2v) is 6.22. The molecule has 1 fully saturated rings. The number of anilines is 1. The number of urea groups is 1. The van der Waals surface area contributed by atoms with Crippen LogP contribution in [0.15, 0.2) is 36.5 Å². The van der Waals surface area contributed by atoms with E-state index in [1.807, 2.05) is 0 Å². The average molecular weight is 373 g/mol. The maximum Gasteiger partial charge on any atom is 0.322 e. The number of ether oxygens (including phenoxy) is 1. The minimum absolute atomic E-state index is 0.123. The Hall–Kier alpha value is -1.69. The van der Waals surface area contributed by atoms with Gasteiger partial charge in [-0.2, -0.15) is 0 Å². The molecule has 1 saturated heterocycles. The van der Waals surface area contributed by atoms with Crippen molar-refractivity contribution in [2.75, 3.05) is 18.4 Å². The van der Waals surface area contributed by atoms with Gasteiger partial charge in [-0.05, 0) is 30.3 Å². The van der Waals surface area contributed by atoms with Crippen molar-refractivity contribution >= 4 is 46.5 Å². The highest BCUT2D eigenvalue weighted by atomic mass is 35.5. The van der Waals surface area contributed by atoms with Gasteiger partial charge in [0.05, 0.1) is 23.1 Å². The summed E-state index contributed by atoms with van der Waals surface area (Å²) in [6.45, 7) is 0.917. The fourth-order valence-corrected chi connectivity index (χ4v) is 2.53. The van der Waals surface area contributed by atoms with Gasteiger partial charge >= 0.3 is 6.03 Å². The number of hydrogen-bond acceptors (Lipinski definition) is 3. The number of carbonyl (C=O) groups excluding carboxylic acids is 1. The Morgan fingerprint density at radius 2 is 1.96 bits per heavy atom. The molecule has 5 nitrogen and oxygen atoms in total. The van der Waals surface area contributed by atoms with Gasteiger partial charge in [-0.1, -0.05) is 34.8 Å². The van der Waals surface area contributed by atoms with Gasteiger partial charge in [0.1, 0.15) is 11.1 Å². The van der Waals surface area contributed by atoms with Crippen LogP contribution in [0, 0.1) is 0 Å². The second kappa shape index (κ2) is 6.83. The van der Waals surface area contributed by atoms with E-state index in [2.05, 4.69) is 10.3 Å². The molecule has 1 aromatic heterocycles. The maximum atomic E-state index is 12.1. The van der Waals surface area contributed by atoms with E-state index in [4.69, 9.17) is 39.5 Å². The predicted molar refractivity (Wildman–Crippen MR) is 90.7 cm³/mol. The van der Waals surface area contributed by atoms with Crippen molar-refractivity contribution in [2.24, 2.45) is 0 Å². The lowest BCUT2D eigenvalue weighted by Crippen LogP contribution is -2.57. The molecule has 0 atom stereocenters. The Morgan fingerprint density at radius 1 is 1.17 bits per heavy atom. The van der Waals surface area contributed by atoms with E-state index >= 15 is 0 Å². The van der Waals surface area contributed by atoms with Crippen molar-refractivity contribution in [1.82, 2.24) is 9.88 Å². The molecule has 0 bridgehead atoms. The minimum atomic E-state index is -0.227. The summed E-state index contributed by atoms with van der Waals surface area (Å²) in [5.74, 6) is 0.378. The Bertz CT molecular complexity index is 736. The number of nitrogens with zero attached hydrogens (tertiary/aromatic N) is 2. The van der Waals surface area contributed by atoms with Crippen LogP contribution in [0.5, 0.6) is 5.88 Å². The fraction of sp³-hybridized carbons (Fsp3) is 0.200. The third-order valence-corrected chi connectivity index (χ3v) is 4.34. The highest BCUT2D eigenvalue weighted by molar-refractivity contribution is 6.42. The SMILES string of the molecule is O=C(Nc1ccc(Cl)c(Cl)c1)N1CC(Oc2ncccc2Cl)C1. The second-order valence-electron chi connectivity index (χ2n) is 4.99. The molecule has 0 radical (unpaired) electrons. The molecule has 0 aliphatic carbocycles. The van der Waals surface area contributed by atoms with E-state index in [1.165, 1.54) is 0 Å². The monoisotopic (exact) mass is 371 g/mol. The molecule has 1 N–H and O–H groups in total. The van der Waals surface area contributed by atoms with E-state index in [-0.39, 0.29) is 12.1 Å². The zero-order chi connectivity index (χ0) is 16.4. The summed E-state index contributed by atoms with van der Waals surface area (Å²) >= 11 is 17.7. The van der Waals surface area contributed by atoms with Gasteiger partial charge in [-0.15, -0.1) is 0 Å². The van der Waals surface area contributed by atoms with Gasteiger partial charge in [0.15, 0.2) is 0 Å². The van der Waals surface area contributed by atoms with Gasteiger partial charge < -0.3 is 15.0 Å². The summed E-state index contributed by atoms with van der Waals surface area (Å²) in [6, 6.07) is 8.13. The molecule has 2 aromatic rings. The number of rotatable bonds is 3. The van der Waals surface area contributed by atoms with E-state index in [9.17, 15) is 4.79 Å². The molecule has 1 aromatic carbocycles. The van der Waals surface area contributed by atoms with Crippen molar-refractivity contribution in [1.29, 1.82) is 0 Å². The smallest absolute Gasteiger partial charge is 0.322 e. The molecular formula is C15H12Cl3N3O2. The van der Waals surface area contributed by atoms with Crippen molar-refractivity contribution in [3.63, 3.8) is 0 Å². The highest BCUT2D eigenvalue weighted by Gasteiger charge is 2.33. The molecule has 2 amide bonds. The number of benzene rings is 1. The van der Waals surface area contributed by atoms with Crippen LogP contribution in [0.1, 0.15) is 0 Å². The molecule has 3 rings (SSSR count). The van der Waals surface area contributed by atoms with Crippen molar-refractivity contribution in [3.8, 4) is 5.88 Å². The predicted octanol–water partition coefficient (Wildman–Crippen LogP) is 4.34. The standard InChI is InChI=1S/C15H12Cl3N3O2/c16-11-4-3-9(6-13(11)18)20-15(22)21-7-10(8-21)23-14-12(17)2-1-5-19-14/h1-6,10H,7-8H2,(H,20,22). The van der Waals surface area contributed by atoms with Gasteiger partial charge in [0.2, 0.25) is 5.88 Å². The first-order chi connectivity index (χ1) is 11.0. The Kier molecular flexibility index (Phi) is 4.80. The lowest BCUT2D eigenvalue weighted by Gasteiger charge is -2.38. The summed E-state index contributed by atoms with van der Waals surface area (Å²) in [7, 11) is 0. The van der Waals surface area contributed by atoms with Crippen LogP contribution in [-0.2, 0) is 0 Å². The summed E-state index contributed by atoms with van der Waals surface area (Å²) in [5, 5.41) is 4.03. The van der Waals surface area contributed by atoms with Crippen molar-refractivity contribution in [2.45, 2.75) is 6.10 Å². The van der Waals surface area contributed by atoms with Crippen LogP contribution in [0.4, 0.5) is 10.5 Å². The number of carbonyl (C=O) groups is 1. The Morgan fingerprint density at radius 3 is 2.65 bits per heavy atom. The van der Waals surface area contributed by atoms with Gasteiger partial charge in [-0.25, -0.2) is 9.78 Å². The van der Waals surface area contributed by atoms with Gasteiger partial charge in [-0.3, -0.25) is 0 Å². The molecule has 1 aliphatic heterocycles. The number of amides is 2. The average Bonchev–Trinajstić information content (AvgIpc) is 2.48. The topological polar surface area (TPSA) is 54.5 Å². The summed E-state index contributed by atoms with van der Waals surface area (Å²) < 4.78 is 5.64. The third kappa shape index (κ3) is 3.80. The summed E-state index contributed by atoms with van der Waals surface area (Å²) in [6.07, 6.45) is 1.48. The number of nitrogens with one attached hydrogen (secondary N) is 1. The van der Waals surface area contributed by atoms with E-state index in [0.29, 0.717) is 39.7 Å². The van der Waals surface area contributed by atoms with Crippen LogP contribution >= 0.6 is 34.8 Å². The summed E-state index contributed by atoms with van der Waals surface area (Å²) in [4.78, 5) is 17.8. The molecule has 120 valence electrons. The molecule has 23 heavy (non-hydrogen) atoms. The number of pyridine rings is 1. The number of aromatic nitrogens is 1. The highest BCUT2D eigenvalue weighted by Crippen LogP contribution is 2.26. The third-order valence-electron chi connectivity index (χ3n) is 3.31. The van der Waals surface area contributed by atoms with Crippen LogP contribution in [0.25, 0.3) is 0 Å². The quantitative estimate of drug-likeness (QED) is 0.872. The van der Waals surface area contributed by atoms with Crippen molar-refractivity contribution in [3.05, 3.63) is 51.6 Å². The first kappa shape index (κ1) is 16.2. The molecule has 1 aliphatic rings. The molecule has 2 heterocycles. The minimum Gasteiger partial charge on any atom is -0.470 e. The normalized spacial score (nSPS) is 14.3. The number of halogens is 3. The summed E-state index contributed by atoms with van der Waals surface area (Å²) in [5.41, 5.74) is 0.585. The lowest BCUT2D eigenvalue weighted by molar-refractivity contribution is 0.0462. The number of hydrogen-bond donors (Lipinski definition) is 1. The van der Waals surface area contributed by atoms with E-state index < -0.39 is 0 Å². The van der Waals surface area contributed by atoms with Crippen LogP contribution < -0.4 is 10.1 Å². The maximum absolute atomic E-state index is 12.1.